The minimum Gasteiger partial charge on any atom is -0.306 e. The second-order valence-corrected chi connectivity index (χ2v) is 5.23. The summed E-state index contributed by atoms with van der Waals surface area (Å²) in [5.41, 5.74) is 5.30. The SMILES string of the molecule is Cc1cc(-c2[nH]ncc2-c2ccc3nccn3c2)ccc1F. The van der Waals surface area contributed by atoms with E-state index in [4.69, 9.17) is 0 Å². The number of fused-ring (bicyclic) bond motifs is 1. The number of benzene rings is 1. The molecule has 5 heteroatoms. The molecule has 0 amide bonds. The first-order chi connectivity index (χ1) is 10.7. The van der Waals surface area contributed by atoms with E-state index < -0.39 is 0 Å². The van der Waals surface area contributed by atoms with E-state index in [9.17, 15) is 4.39 Å². The fourth-order valence-electron chi connectivity index (χ4n) is 2.60. The molecule has 0 saturated heterocycles. The van der Waals surface area contributed by atoms with Crippen LogP contribution in [0.1, 0.15) is 5.56 Å². The van der Waals surface area contributed by atoms with Gasteiger partial charge in [-0.05, 0) is 42.8 Å². The summed E-state index contributed by atoms with van der Waals surface area (Å²) in [5, 5.41) is 7.16. The van der Waals surface area contributed by atoms with Crippen LogP contribution in [0.3, 0.4) is 0 Å². The van der Waals surface area contributed by atoms with E-state index in [1.54, 1.807) is 25.4 Å². The van der Waals surface area contributed by atoms with Gasteiger partial charge in [0.25, 0.3) is 0 Å². The molecule has 3 aromatic heterocycles. The quantitative estimate of drug-likeness (QED) is 0.610. The number of rotatable bonds is 2. The molecular formula is C17H13FN4. The standard InChI is InChI=1S/C17H13FN4/c1-11-8-12(2-4-15(11)18)17-14(9-20-21-17)13-3-5-16-19-6-7-22(16)10-13/h2-10H,1H3,(H,20,21). The van der Waals surface area contributed by atoms with Gasteiger partial charge < -0.3 is 4.40 Å². The number of imidazole rings is 1. The van der Waals surface area contributed by atoms with E-state index in [1.165, 1.54) is 6.07 Å². The third-order valence-corrected chi connectivity index (χ3v) is 3.79. The molecular weight excluding hydrogens is 279 g/mol. The van der Waals surface area contributed by atoms with Crippen molar-refractivity contribution >= 4 is 5.65 Å². The number of nitrogens with one attached hydrogen (secondary N) is 1. The second-order valence-electron chi connectivity index (χ2n) is 5.23. The van der Waals surface area contributed by atoms with Crippen molar-refractivity contribution in [2.75, 3.05) is 0 Å². The summed E-state index contributed by atoms with van der Waals surface area (Å²) >= 11 is 0. The van der Waals surface area contributed by atoms with Gasteiger partial charge in [-0.15, -0.1) is 0 Å². The van der Waals surface area contributed by atoms with E-state index in [1.807, 2.05) is 35.0 Å². The summed E-state index contributed by atoms with van der Waals surface area (Å²) in [7, 11) is 0. The number of aromatic amines is 1. The average molecular weight is 292 g/mol. The highest BCUT2D eigenvalue weighted by molar-refractivity contribution is 5.80. The average Bonchev–Trinajstić information content (AvgIpc) is 3.17. The molecule has 0 aliphatic heterocycles. The zero-order valence-corrected chi connectivity index (χ0v) is 11.9. The molecule has 0 fully saturated rings. The van der Waals surface area contributed by atoms with E-state index >= 15 is 0 Å². The molecule has 3 heterocycles. The normalized spacial score (nSPS) is 11.2. The highest BCUT2D eigenvalue weighted by Crippen LogP contribution is 2.31. The third-order valence-electron chi connectivity index (χ3n) is 3.79. The molecule has 1 N–H and O–H groups in total. The van der Waals surface area contributed by atoms with Crippen molar-refractivity contribution in [2.45, 2.75) is 6.92 Å². The topological polar surface area (TPSA) is 46.0 Å². The lowest BCUT2D eigenvalue weighted by Gasteiger charge is -2.06. The van der Waals surface area contributed by atoms with Crippen LogP contribution in [0, 0.1) is 12.7 Å². The van der Waals surface area contributed by atoms with Gasteiger partial charge in [-0.25, -0.2) is 9.37 Å². The molecule has 4 rings (SSSR count). The maximum atomic E-state index is 13.5. The summed E-state index contributed by atoms with van der Waals surface area (Å²) in [6, 6.07) is 9.03. The van der Waals surface area contributed by atoms with Crippen LogP contribution in [0.4, 0.5) is 4.39 Å². The monoisotopic (exact) mass is 292 g/mol. The first-order valence-corrected chi connectivity index (χ1v) is 6.95. The number of halogens is 1. The minimum atomic E-state index is -0.204. The van der Waals surface area contributed by atoms with Crippen LogP contribution in [0.5, 0.6) is 0 Å². The Balaban J connectivity index is 1.86. The molecule has 0 radical (unpaired) electrons. The molecule has 22 heavy (non-hydrogen) atoms. The van der Waals surface area contributed by atoms with E-state index in [-0.39, 0.29) is 5.82 Å². The van der Waals surface area contributed by atoms with Crippen LogP contribution in [-0.4, -0.2) is 19.6 Å². The van der Waals surface area contributed by atoms with Gasteiger partial charge in [0.2, 0.25) is 0 Å². The van der Waals surface area contributed by atoms with Gasteiger partial charge in [0.15, 0.2) is 0 Å². The number of H-pyrrole nitrogens is 1. The van der Waals surface area contributed by atoms with Crippen LogP contribution in [0.2, 0.25) is 0 Å². The molecule has 0 unspecified atom stereocenters. The zero-order valence-electron chi connectivity index (χ0n) is 11.9. The molecule has 4 aromatic rings. The molecule has 108 valence electrons. The molecule has 0 bridgehead atoms. The summed E-state index contributed by atoms with van der Waals surface area (Å²) in [6.07, 6.45) is 7.46. The fourth-order valence-corrected chi connectivity index (χ4v) is 2.60. The number of aryl methyl sites for hydroxylation is 1. The van der Waals surface area contributed by atoms with Crippen molar-refractivity contribution < 1.29 is 4.39 Å². The molecule has 0 atom stereocenters. The van der Waals surface area contributed by atoms with Gasteiger partial charge in [0, 0.05) is 35.3 Å². The Hall–Kier alpha value is -2.95. The molecule has 0 spiro atoms. The van der Waals surface area contributed by atoms with Crippen molar-refractivity contribution in [3.8, 4) is 22.4 Å². The Kier molecular flexibility index (Phi) is 2.79. The zero-order chi connectivity index (χ0) is 15.1. The van der Waals surface area contributed by atoms with E-state index in [0.29, 0.717) is 5.56 Å². The summed E-state index contributed by atoms with van der Waals surface area (Å²) in [4.78, 5) is 4.24. The van der Waals surface area contributed by atoms with Crippen molar-refractivity contribution in [1.29, 1.82) is 0 Å². The first-order valence-electron chi connectivity index (χ1n) is 6.95. The van der Waals surface area contributed by atoms with Gasteiger partial charge in [-0.3, -0.25) is 5.10 Å². The van der Waals surface area contributed by atoms with Crippen LogP contribution in [-0.2, 0) is 0 Å². The van der Waals surface area contributed by atoms with Gasteiger partial charge in [0.1, 0.15) is 11.5 Å². The highest BCUT2D eigenvalue weighted by atomic mass is 19.1. The minimum absolute atomic E-state index is 0.204. The molecule has 0 aliphatic rings. The summed E-state index contributed by atoms with van der Waals surface area (Å²) in [5.74, 6) is -0.204. The number of pyridine rings is 1. The second kappa shape index (κ2) is 4.80. The Morgan fingerprint density at radius 2 is 2.00 bits per heavy atom. The van der Waals surface area contributed by atoms with Crippen molar-refractivity contribution in [2.24, 2.45) is 0 Å². The Morgan fingerprint density at radius 3 is 2.86 bits per heavy atom. The molecule has 1 aromatic carbocycles. The van der Waals surface area contributed by atoms with Crippen molar-refractivity contribution in [1.82, 2.24) is 19.6 Å². The lowest BCUT2D eigenvalue weighted by Crippen LogP contribution is -1.89. The highest BCUT2D eigenvalue weighted by Gasteiger charge is 2.11. The Bertz CT molecular complexity index is 968. The van der Waals surface area contributed by atoms with Gasteiger partial charge in [-0.2, -0.15) is 5.10 Å². The summed E-state index contributed by atoms with van der Waals surface area (Å²) in [6.45, 7) is 1.76. The Morgan fingerprint density at radius 1 is 1.14 bits per heavy atom. The van der Waals surface area contributed by atoms with Crippen molar-refractivity contribution in [3.63, 3.8) is 0 Å². The molecule has 0 saturated carbocycles. The van der Waals surface area contributed by atoms with Gasteiger partial charge in [-0.1, -0.05) is 0 Å². The van der Waals surface area contributed by atoms with Crippen LogP contribution < -0.4 is 0 Å². The maximum Gasteiger partial charge on any atom is 0.136 e. The number of nitrogens with zero attached hydrogens (tertiary/aromatic N) is 3. The lowest BCUT2D eigenvalue weighted by molar-refractivity contribution is 0.619. The fraction of sp³-hybridized carbons (Fsp3) is 0.0588. The first kappa shape index (κ1) is 12.8. The molecule has 0 aliphatic carbocycles. The smallest absolute Gasteiger partial charge is 0.136 e. The van der Waals surface area contributed by atoms with Crippen LogP contribution in [0.25, 0.3) is 28.0 Å². The number of hydrogen-bond acceptors (Lipinski definition) is 2. The largest absolute Gasteiger partial charge is 0.306 e. The van der Waals surface area contributed by atoms with Crippen LogP contribution >= 0.6 is 0 Å². The van der Waals surface area contributed by atoms with Gasteiger partial charge in [0.05, 0.1) is 11.9 Å². The van der Waals surface area contributed by atoms with Gasteiger partial charge >= 0.3 is 0 Å². The van der Waals surface area contributed by atoms with E-state index in [2.05, 4.69) is 15.2 Å². The van der Waals surface area contributed by atoms with Crippen LogP contribution in [0.15, 0.2) is 55.1 Å². The summed E-state index contributed by atoms with van der Waals surface area (Å²) < 4.78 is 15.4. The number of hydrogen-bond donors (Lipinski definition) is 1. The predicted octanol–water partition coefficient (Wildman–Crippen LogP) is 3.84. The Labute approximate surface area is 126 Å². The molecule has 4 nitrogen and oxygen atoms in total. The van der Waals surface area contributed by atoms with E-state index in [0.717, 1.165) is 28.0 Å². The predicted molar refractivity (Wildman–Crippen MR) is 82.9 cm³/mol. The third kappa shape index (κ3) is 1.98. The number of aromatic nitrogens is 4. The maximum absolute atomic E-state index is 13.5. The van der Waals surface area contributed by atoms with Crippen molar-refractivity contribution in [3.05, 3.63) is 66.5 Å². The lowest BCUT2D eigenvalue weighted by atomic mass is 10.0.